The predicted molar refractivity (Wildman–Crippen MR) is 487 cm³/mol. The maximum absolute atomic E-state index is 7.05. The molecule has 0 spiro atoms. The van der Waals surface area contributed by atoms with Crippen molar-refractivity contribution in [2.75, 3.05) is 9.80 Å². The van der Waals surface area contributed by atoms with Gasteiger partial charge in [-0.3, -0.25) is 0 Å². The van der Waals surface area contributed by atoms with Crippen LogP contribution in [0.1, 0.15) is 0 Å². The molecule has 19 aromatic carbocycles. The molecule has 0 fully saturated rings. The van der Waals surface area contributed by atoms with Crippen molar-refractivity contribution >= 4 is 143 Å². The number of fused-ring (bicyclic) bond motifs is 19. The Morgan fingerprint density at radius 2 is 0.644 bits per heavy atom. The van der Waals surface area contributed by atoms with Gasteiger partial charge in [0.1, 0.15) is 22.3 Å². The molecule has 0 bridgehead atoms. The molecule has 0 unspecified atom stereocenters. The molecule has 23 aromatic rings. The minimum atomic E-state index is 0.810. The maximum atomic E-state index is 7.05. The van der Waals surface area contributed by atoms with Crippen molar-refractivity contribution in [2.45, 2.75) is 0 Å². The number of hydrogen-bond donors (Lipinski definition) is 0. The van der Waals surface area contributed by atoms with Gasteiger partial charge < -0.3 is 37.2 Å². The first-order chi connectivity index (χ1) is 58.5. The third kappa shape index (κ3) is 10.1. The number of para-hydroxylation sites is 11. The van der Waals surface area contributed by atoms with Crippen LogP contribution in [0, 0.1) is 0 Å². The molecule has 2 aliphatic heterocycles. The zero-order chi connectivity index (χ0) is 77.2. The lowest BCUT2D eigenvalue weighted by Crippen LogP contribution is -2.12. The van der Waals surface area contributed by atoms with Gasteiger partial charge in [0.05, 0.1) is 61.6 Å². The van der Waals surface area contributed by atoms with Gasteiger partial charge in [-0.05, 0) is 212 Å². The first kappa shape index (κ1) is 65.6. The number of benzene rings is 19. The Balaban J connectivity index is 0.575. The third-order valence-electron chi connectivity index (χ3n) is 24.5. The number of ether oxygens (including phenoxy) is 2. The maximum Gasteiger partial charge on any atom is 0.152 e. The molecule has 4 aromatic heterocycles. The second-order valence-corrected chi connectivity index (χ2v) is 30.9. The molecule has 0 N–H and O–H groups in total. The molecule has 0 amide bonds. The summed E-state index contributed by atoms with van der Waals surface area (Å²) in [5.74, 6) is 3.40. The van der Waals surface area contributed by atoms with E-state index in [-0.39, 0.29) is 0 Å². The summed E-state index contributed by atoms with van der Waals surface area (Å²) in [7, 11) is 0. The minimum Gasteiger partial charge on any atom is -0.456 e. The van der Waals surface area contributed by atoms with Crippen LogP contribution in [-0.2, 0) is 0 Å². The highest BCUT2D eigenvalue weighted by molar-refractivity contribution is 6.19. The highest BCUT2D eigenvalue weighted by atomic mass is 16.5. The molecule has 8 nitrogen and oxygen atoms in total. The molecule has 118 heavy (non-hydrogen) atoms. The van der Waals surface area contributed by atoms with E-state index in [9.17, 15) is 0 Å². The average Bonchev–Trinajstić information content (AvgIpc) is 1.57. The standard InChI is InChI=1S/C110H66N4O4/c1-2-20-67(21-3-1)68-46-54-78(55-47-68)112(93-31-9-5-23-81(93)76-53-61-96-91(65-76)85-27-18-41-105-109(85)114(96)98-34-12-15-38-102(98)116-105)99-35-19-39-103-107(99)88-59-51-73(66-106(88)117-103)72-44-42-70-43-45-74-62-71(50-58-79(74)89(70)63-72)69-48-56-77(57-49-69)111(94-32-10-6-24-82(94)86-28-16-29-87-83-25-7-13-36-100(83)118-110(86)87)92-30-8-4-22-80(92)75-52-60-95-90(64-75)84-26-17-40-104-108(84)113(95)97-33-11-14-37-101(97)115-104/h1-66H. The molecule has 0 aliphatic carbocycles. The number of aromatic nitrogens is 2. The zero-order valence-electron chi connectivity index (χ0n) is 63.5. The Morgan fingerprint density at radius 3 is 1.31 bits per heavy atom. The van der Waals surface area contributed by atoms with E-state index in [4.69, 9.17) is 18.3 Å². The molecule has 25 rings (SSSR count). The van der Waals surface area contributed by atoms with Crippen LogP contribution in [0.25, 0.3) is 187 Å². The summed E-state index contributed by atoms with van der Waals surface area (Å²) >= 11 is 0. The summed E-state index contributed by atoms with van der Waals surface area (Å²) in [6.07, 6.45) is 0. The van der Waals surface area contributed by atoms with Crippen molar-refractivity contribution in [3.8, 4) is 101 Å². The van der Waals surface area contributed by atoms with Gasteiger partial charge in [-0.2, -0.15) is 0 Å². The molecule has 0 saturated carbocycles. The monoisotopic (exact) mass is 1510 g/mol. The number of rotatable bonds is 12. The Kier molecular flexibility index (Phi) is 14.4. The third-order valence-corrected chi connectivity index (χ3v) is 24.5. The molecule has 0 radical (unpaired) electrons. The summed E-state index contributed by atoms with van der Waals surface area (Å²) in [6, 6.07) is 145. The Hall–Kier alpha value is -15.9. The van der Waals surface area contributed by atoms with E-state index in [1.165, 1.54) is 21.7 Å². The first-order valence-electron chi connectivity index (χ1n) is 40.2. The van der Waals surface area contributed by atoms with Crippen LogP contribution in [0.3, 0.4) is 0 Å². The smallest absolute Gasteiger partial charge is 0.152 e. The topological polar surface area (TPSA) is 61.1 Å². The van der Waals surface area contributed by atoms with Crippen molar-refractivity contribution in [2.24, 2.45) is 0 Å². The van der Waals surface area contributed by atoms with E-state index in [0.717, 1.165) is 223 Å². The molecule has 0 atom stereocenters. The quantitative estimate of drug-likeness (QED) is 0.114. The van der Waals surface area contributed by atoms with Gasteiger partial charge in [0, 0.05) is 71.3 Å². The van der Waals surface area contributed by atoms with Crippen LogP contribution in [0.2, 0.25) is 0 Å². The molecule has 550 valence electrons. The molecule has 0 saturated heterocycles. The second kappa shape index (κ2) is 25.8. The molecule has 8 heteroatoms. The van der Waals surface area contributed by atoms with Gasteiger partial charge in [0.2, 0.25) is 0 Å². The fourth-order valence-corrected chi connectivity index (χ4v) is 19.1. The molecule has 6 heterocycles. The molecule has 2 aliphatic rings. The Morgan fingerprint density at radius 1 is 0.212 bits per heavy atom. The van der Waals surface area contributed by atoms with Crippen molar-refractivity contribution in [3.63, 3.8) is 0 Å². The molecular weight excluding hydrogens is 1440 g/mol. The number of nitrogens with zero attached hydrogens (tertiary/aromatic N) is 4. The van der Waals surface area contributed by atoms with E-state index in [1.54, 1.807) is 0 Å². The van der Waals surface area contributed by atoms with Gasteiger partial charge >= 0.3 is 0 Å². The number of anilines is 6. The summed E-state index contributed by atoms with van der Waals surface area (Å²) in [6.45, 7) is 0. The summed E-state index contributed by atoms with van der Waals surface area (Å²) in [5.41, 5.74) is 29.2. The van der Waals surface area contributed by atoms with E-state index in [1.807, 2.05) is 24.3 Å². The Labute approximate surface area is 677 Å². The van der Waals surface area contributed by atoms with Crippen LogP contribution in [0.4, 0.5) is 34.1 Å². The predicted octanol–water partition coefficient (Wildman–Crippen LogP) is 31.1. The highest BCUT2D eigenvalue weighted by Crippen LogP contribution is 2.54. The van der Waals surface area contributed by atoms with Crippen molar-refractivity contribution < 1.29 is 18.3 Å². The lowest BCUT2D eigenvalue weighted by atomic mass is 9.94. The van der Waals surface area contributed by atoms with Crippen LogP contribution >= 0.6 is 0 Å². The van der Waals surface area contributed by atoms with Gasteiger partial charge in [0.25, 0.3) is 0 Å². The lowest BCUT2D eigenvalue weighted by Gasteiger charge is -2.30. The highest BCUT2D eigenvalue weighted by Gasteiger charge is 2.30. The lowest BCUT2D eigenvalue weighted by molar-refractivity contribution is 0.476. The van der Waals surface area contributed by atoms with Crippen LogP contribution < -0.4 is 19.3 Å². The second-order valence-electron chi connectivity index (χ2n) is 30.9. The van der Waals surface area contributed by atoms with E-state index >= 15 is 0 Å². The van der Waals surface area contributed by atoms with E-state index in [2.05, 4.69) is 395 Å². The van der Waals surface area contributed by atoms with Crippen LogP contribution in [-0.4, -0.2) is 9.13 Å². The van der Waals surface area contributed by atoms with Gasteiger partial charge in [-0.15, -0.1) is 0 Å². The fraction of sp³-hybridized carbons (Fsp3) is 0. The molecular formula is C110H66N4O4. The largest absolute Gasteiger partial charge is 0.456 e. The number of hydrogen-bond acceptors (Lipinski definition) is 6. The summed E-state index contributed by atoms with van der Waals surface area (Å²) < 4.78 is 31.7. The van der Waals surface area contributed by atoms with Crippen molar-refractivity contribution in [1.82, 2.24) is 9.13 Å². The first-order valence-corrected chi connectivity index (χ1v) is 40.2. The van der Waals surface area contributed by atoms with E-state index in [0.29, 0.717) is 0 Å². The average molecular weight is 1510 g/mol. The Bertz CT molecular complexity index is 8150. The van der Waals surface area contributed by atoms with Gasteiger partial charge in [-0.25, -0.2) is 0 Å². The van der Waals surface area contributed by atoms with Crippen molar-refractivity contribution in [3.05, 3.63) is 400 Å². The zero-order valence-corrected chi connectivity index (χ0v) is 63.5. The number of furan rings is 2. The summed E-state index contributed by atoms with van der Waals surface area (Å²) in [4.78, 5) is 4.85. The van der Waals surface area contributed by atoms with Gasteiger partial charge in [0.15, 0.2) is 23.0 Å². The normalized spacial score (nSPS) is 12.2. The van der Waals surface area contributed by atoms with Gasteiger partial charge in [-0.1, -0.05) is 255 Å². The fourth-order valence-electron chi connectivity index (χ4n) is 19.1. The van der Waals surface area contributed by atoms with E-state index < -0.39 is 0 Å². The van der Waals surface area contributed by atoms with Crippen molar-refractivity contribution in [1.29, 1.82) is 0 Å². The van der Waals surface area contributed by atoms with Crippen LogP contribution in [0.5, 0.6) is 23.0 Å². The summed E-state index contributed by atoms with van der Waals surface area (Å²) in [5, 5.41) is 13.6. The minimum absolute atomic E-state index is 0.810. The SMILES string of the molecule is c1ccc(-c2ccc(N(c3ccccc3-c3ccc4c(c3)c3cccc5c3n4-c3ccccc3O5)c3cccc4oc5cc(-c6ccc7ccc8cc(-c9ccc(N(c%10ccccc%10-c%10ccc%11c(c%10)c%10cccc%12c%10n%11-c%10ccccc%10O%12)c%10ccccc%10-c%10cccc%11c%10oc%10ccccc%10%11)cc9)ccc8c7c6)ccc5c34)cc2)cc1. The van der Waals surface area contributed by atoms with Crippen LogP contribution in [0.15, 0.2) is 409 Å².